The summed E-state index contributed by atoms with van der Waals surface area (Å²) in [5.41, 5.74) is 2.74. The van der Waals surface area contributed by atoms with Crippen molar-refractivity contribution in [3.05, 3.63) is 89.2 Å². The molecule has 0 fully saturated rings. The number of pyridine rings is 1. The molecule has 108 valence electrons. The molecule has 1 heterocycles. The van der Waals surface area contributed by atoms with Crippen molar-refractivity contribution in [1.82, 2.24) is 4.98 Å². The largest absolute Gasteiger partial charge is 0.355 e. The highest BCUT2D eigenvalue weighted by atomic mass is 35.5. The Bertz CT molecular complexity index is 789. The number of halogens is 1. The topological polar surface area (TPSA) is 42.0 Å². The SMILES string of the molecule is O=C(c1ccncc1)c1cc(Cl)ccc1Nc1ccccc1. The number of para-hydroxylation sites is 1. The van der Waals surface area contributed by atoms with E-state index in [1.165, 1.54) is 0 Å². The molecule has 0 saturated heterocycles. The minimum atomic E-state index is -0.0941. The maximum absolute atomic E-state index is 12.7. The normalized spacial score (nSPS) is 10.2. The van der Waals surface area contributed by atoms with Crippen LogP contribution < -0.4 is 5.32 Å². The fraction of sp³-hybridized carbons (Fsp3) is 0. The van der Waals surface area contributed by atoms with E-state index in [1.54, 1.807) is 36.7 Å². The number of nitrogens with zero attached hydrogens (tertiary/aromatic N) is 1. The first kappa shape index (κ1) is 14.3. The Morgan fingerprint density at radius 3 is 2.41 bits per heavy atom. The zero-order valence-electron chi connectivity index (χ0n) is 11.7. The van der Waals surface area contributed by atoms with Gasteiger partial charge in [0.1, 0.15) is 0 Å². The van der Waals surface area contributed by atoms with Crippen molar-refractivity contribution >= 4 is 28.8 Å². The highest BCUT2D eigenvalue weighted by molar-refractivity contribution is 6.31. The molecule has 0 atom stereocenters. The van der Waals surface area contributed by atoms with Gasteiger partial charge in [0.15, 0.2) is 5.78 Å². The van der Waals surface area contributed by atoms with Gasteiger partial charge in [-0.15, -0.1) is 0 Å². The Kier molecular flexibility index (Phi) is 4.17. The molecule has 0 saturated carbocycles. The van der Waals surface area contributed by atoms with Crippen molar-refractivity contribution in [2.45, 2.75) is 0 Å². The lowest BCUT2D eigenvalue weighted by atomic mass is 10.0. The lowest BCUT2D eigenvalue weighted by Gasteiger charge is -2.12. The smallest absolute Gasteiger partial charge is 0.195 e. The highest BCUT2D eigenvalue weighted by Gasteiger charge is 2.14. The van der Waals surface area contributed by atoms with Crippen molar-refractivity contribution in [3.63, 3.8) is 0 Å². The predicted octanol–water partition coefficient (Wildman–Crippen LogP) is 4.71. The molecule has 3 nitrogen and oxygen atoms in total. The van der Waals surface area contributed by atoms with Crippen LogP contribution in [-0.2, 0) is 0 Å². The number of nitrogens with one attached hydrogen (secondary N) is 1. The van der Waals surface area contributed by atoms with Gasteiger partial charge in [-0.1, -0.05) is 29.8 Å². The molecule has 1 aromatic heterocycles. The molecule has 0 radical (unpaired) electrons. The van der Waals surface area contributed by atoms with Crippen molar-refractivity contribution in [2.75, 3.05) is 5.32 Å². The van der Waals surface area contributed by atoms with Crippen LogP contribution in [0.3, 0.4) is 0 Å². The number of hydrogen-bond acceptors (Lipinski definition) is 3. The van der Waals surface area contributed by atoms with E-state index in [4.69, 9.17) is 11.6 Å². The van der Waals surface area contributed by atoms with Crippen molar-refractivity contribution in [1.29, 1.82) is 0 Å². The van der Waals surface area contributed by atoms with Crippen LogP contribution >= 0.6 is 11.6 Å². The van der Waals surface area contributed by atoms with Crippen LogP contribution in [0.2, 0.25) is 5.02 Å². The van der Waals surface area contributed by atoms with E-state index in [2.05, 4.69) is 10.3 Å². The molecule has 1 N–H and O–H groups in total. The summed E-state index contributed by atoms with van der Waals surface area (Å²) >= 11 is 6.06. The summed E-state index contributed by atoms with van der Waals surface area (Å²) in [6, 6.07) is 18.3. The average Bonchev–Trinajstić information content (AvgIpc) is 2.57. The van der Waals surface area contributed by atoms with Crippen molar-refractivity contribution < 1.29 is 4.79 Å². The van der Waals surface area contributed by atoms with Gasteiger partial charge in [-0.2, -0.15) is 0 Å². The summed E-state index contributed by atoms with van der Waals surface area (Å²) < 4.78 is 0. The van der Waals surface area contributed by atoms with Crippen LogP contribution in [-0.4, -0.2) is 10.8 Å². The zero-order chi connectivity index (χ0) is 15.4. The molecule has 0 spiro atoms. The van der Waals surface area contributed by atoms with E-state index in [1.807, 2.05) is 36.4 Å². The third-order valence-electron chi connectivity index (χ3n) is 3.22. The molecule has 3 aromatic rings. The number of benzene rings is 2. The Labute approximate surface area is 133 Å². The minimum Gasteiger partial charge on any atom is -0.355 e. The summed E-state index contributed by atoms with van der Waals surface area (Å²) in [7, 11) is 0. The van der Waals surface area contributed by atoms with Gasteiger partial charge in [0.05, 0.1) is 0 Å². The number of aromatic nitrogens is 1. The summed E-state index contributed by atoms with van der Waals surface area (Å²) in [5, 5.41) is 3.78. The Hall–Kier alpha value is -2.65. The van der Waals surface area contributed by atoms with Crippen LogP contribution in [0.15, 0.2) is 73.1 Å². The number of carbonyl (C=O) groups is 1. The molecular formula is C18H13ClN2O. The van der Waals surface area contributed by atoms with Crippen molar-refractivity contribution in [3.8, 4) is 0 Å². The summed E-state index contributed by atoms with van der Waals surface area (Å²) in [4.78, 5) is 16.6. The first-order valence-electron chi connectivity index (χ1n) is 6.80. The number of anilines is 2. The van der Waals surface area contributed by atoms with Gasteiger partial charge in [-0.05, 0) is 42.5 Å². The molecule has 0 bridgehead atoms. The molecule has 22 heavy (non-hydrogen) atoms. The second-order valence-electron chi connectivity index (χ2n) is 4.75. The third-order valence-corrected chi connectivity index (χ3v) is 3.46. The van der Waals surface area contributed by atoms with E-state index in [0.29, 0.717) is 16.1 Å². The fourth-order valence-electron chi connectivity index (χ4n) is 2.15. The quantitative estimate of drug-likeness (QED) is 0.710. The van der Waals surface area contributed by atoms with E-state index in [9.17, 15) is 4.79 Å². The lowest BCUT2D eigenvalue weighted by molar-refractivity contribution is 0.103. The minimum absolute atomic E-state index is 0.0941. The summed E-state index contributed by atoms with van der Waals surface area (Å²) in [6.45, 7) is 0. The van der Waals surface area contributed by atoms with Crippen LogP contribution in [0.25, 0.3) is 0 Å². The van der Waals surface area contributed by atoms with E-state index < -0.39 is 0 Å². The van der Waals surface area contributed by atoms with Crippen LogP contribution in [0.5, 0.6) is 0 Å². The Morgan fingerprint density at radius 1 is 0.955 bits per heavy atom. The highest BCUT2D eigenvalue weighted by Crippen LogP contribution is 2.26. The van der Waals surface area contributed by atoms with Gasteiger partial charge in [0.2, 0.25) is 0 Å². The number of carbonyl (C=O) groups excluding carboxylic acids is 1. The Morgan fingerprint density at radius 2 is 1.68 bits per heavy atom. The zero-order valence-corrected chi connectivity index (χ0v) is 12.4. The molecule has 4 heteroatoms. The van der Waals surface area contributed by atoms with E-state index >= 15 is 0 Å². The summed E-state index contributed by atoms with van der Waals surface area (Å²) in [5.74, 6) is -0.0941. The van der Waals surface area contributed by atoms with Gasteiger partial charge >= 0.3 is 0 Å². The average molecular weight is 309 g/mol. The summed E-state index contributed by atoms with van der Waals surface area (Å²) in [6.07, 6.45) is 3.20. The van der Waals surface area contributed by atoms with Gasteiger partial charge in [-0.25, -0.2) is 0 Å². The van der Waals surface area contributed by atoms with E-state index in [0.717, 1.165) is 11.4 Å². The predicted molar refractivity (Wildman–Crippen MR) is 88.8 cm³/mol. The monoisotopic (exact) mass is 308 g/mol. The molecule has 0 aliphatic carbocycles. The van der Waals surface area contributed by atoms with Crippen LogP contribution in [0.1, 0.15) is 15.9 Å². The fourth-order valence-corrected chi connectivity index (χ4v) is 2.32. The van der Waals surface area contributed by atoms with E-state index in [-0.39, 0.29) is 5.78 Å². The standard InChI is InChI=1S/C18H13ClN2O/c19-14-6-7-17(21-15-4-2-1-3-5-15)16(12-14)18(22)13-8-10-20-11-9-13/h1-12,21H. The maximum atomic E-state index is 12.7. The van der Waals surface area contributed by atoms with Crippen molar-refractivity contribution in [2.24, 2.45) is 0 Å². The molecule has 3 rings (SSSR count). The van der Waals surface area contributed by atoms with Gasteiger partial charge < -0.3 is 5.32 Å². The molecule has 2 aromatic carbocycles. The molecular weight excluding hydrogens is 296 g/mol. The number of rotatable bonds is 4. The van der Waals surface area contributed by atoms with Crippen LogP contribution in [0.4, 0.5) is 11.4 Å². The van der Waals surface area contributed by atoms with Gasteiger partial charge in [-0.3, -0.25) is 9.78 Å². The second kappa shape index (κ2) is 6.41. The van der Waals surface area contributed by atoms with Crippen LogP contribution in [0, 0.1) is 0 Å². The lowest BCUT2D eigenvalue weighted by Crippen LogP contribution is -2.05. The molecule has 0 aliphatic heterocycles. The molecule has 0 unspecified atom stereocenters. The molecule has 0 amide bonds. The number of hydrogen-bond donors (Lipinski definition) is 1. The third kappa shape index (κ3) is 3.15. The Balaban J connectivity index is 2.00. The first-order valence-corrected chi connectivity index (χ1v) is 7.18. The van der Waals surface area contributed by atoms with Gasteiger partial charge in [0, 0.05) is 39.9 Å². The second-order valence-corrected chi connectivity index (χ2v) is 5.18. The first-order chi connectivity index (χ1) is 10.7. The maximum Gasteiger partial charge on any atom is 0.195 e. The van der Waals surface area contributed by atoms with Gasteiger partial charge in [0.25, 0.3) is 0 Å². The number of ketones is 1. The molecule has 0 aliphatic rings.